The minimum Gasteiger partial charge on any atom is -0.445 e. The van der Waals surface area contributed by atoms with E-state index in [-0.39, 0.29) is 10.8 Å². The summed E-state index contributed by atoms with van der Waals surface area (Å²) in [7, 11) is -3.99. The highest BCUT2D eigenvalue weighted by Gasteiger charge is 2.24. The SMILES string of the molecule is Cc1noc(NS(=O)(=O)c2ccccc2-c2ccc(-c3ncco3)cc2CNc2ccncn2)c1C. The first kappa shape index (κ1) is 23.2. The van der Waals surface area contributed by atoms with E-state index in [1.165, 1.54) is 12.6 Å². The van der Waals surface area contributed by atoms with Gasteiger partial charge in [-0.1, -0.05) is 29.4 Å². The van der Waals surface area contributed by atoms with E-state index in [9.17, 15) is 8.42 Å². The number of hydrogen-bond donors (Lipinski definition) is 2. The predicted octanol–water partition coefficient (Wildman–Crippen LogP) is 4.82. The van der Waals surface area contributed by atoms with Gasteiger partial charge < -0.3 is 14.3 Å². The molecule has 36 heavy (non-hydrogen) atoms. The lowest BCUT2D eigenvalue weighted by molar-refractivity contribution is 0.430. The van der Waals surface area contributed by atoms with Crippen molar-refractivity contribution >= 4 is 21.7 Å². The number of rotatable bonds is 8. The van der Waals surface area contributed by atoms with Crippen LogP contribution in [-0.4, -0.2) is 28.5 Å². The molecule has 0 aliphatic rings. The standard InChI is InChI=1S/C25H22N6O4S/c1-16-17(2)30-35-24(16)31-36(32,33)22-6-4-3-5-21(22)20-8-7-18(25-27-11-12-34-25)13-19(20)14-28-23-9-10-26-15-29-23/h3-13,15,31H,14H2,1-2H3,(H,26,28,29). The van der Waals surface area contributed by atoms with Gasteiger partial charge in [-0.3, -0.25) is 0 Å². The van der Waals surface area contributed by atoms with Crippen LogP contribution in [0.15, 0.2) is 87.4 Å². The minimum absolute atomic E-state index is 0.0900. The molecule has 3 aromatic heterocycles. The summed E-state index contributed by atoms with van der Waals surface area (Å²) in [6.07, 6.45) is 6.17. The van der Waals surface area contributed by atoms with E-state index in [0.717, 1.165) is 16.7 Å². The fourth-order valence-electron chi connectivity index (χ4n) is 3.69. The zero-order chi connectivity index (χ0) is 25.1. The third-order valence-corrected chi connectivity index (χ3v) is 7.07. The molecule has 0 saturated heterocycles. The molecule has 0 atom stereocenters. The maximum atomic E-state index is 13.4. The van der Waals surface area contributed by atoms with Gasteiger partial charge in [-0.2, -0.15) is 0 Å². The van der Waals surface area contributed by atoms with Gasteiger partial charge in [-0.15, -0.1) is 0 Å². The van der Waals surface area contributed by atoms with Crippen molar-refractivity contribution < 1.29 is 17.4 Å². The number of anilines is 2. The van der Waals surface area contributed by atoms with Gasteiger partial charge in [0.1, 0.15) is 18.4 Å². The molecule has 0 bridgehead atoms. The Kier molecular flexibility index (Phi) is 6.21. The fourth-order valence-corrected chi connectivity index (χ4v) is 4.96. The van der Waals surface area contributed by atoms with Crippen LogP contribution in [0.5, 0.6) is 0 Å². The zero-order valence-corrected chi connectivity index (χ0v) is 20.3. The number of aromatic nitrogens is 4. The molecule has 0 fully saturated rings. The second kappa shape index (κ2) is 9.62. The molecule has 3 heterocycles. The van der Waals surface area contributed by atoms with Crippen molar-refractivity contribution in [1.82, 2.24) is 20.1 Å². The highest BCUT2D eigenvalue weighted by atomic mass is 32.2. The second-order valence-corrected chi connectivity index (χ2v) is 9.63. The molecular weight excluding hydrogens is 480 g/mol. The average Bonchev–Trinajstić information content (AvgIpc) is 3.54. The van der Waals surface area contributed by atoms with Gasteiger partial charge >= 0.3 is 0 Å². The van der Waals surface area contributed by atoms with Crippen LogP contribution in [0.1, 0.15) is 16.8 Å². The molecule has 0 unspecified atom stereocenters. The third kappa shape index (κ3) is 4.68. The van der Waals surface area contributed by atoms with E-state index in [0.29, 0.717) is 35.1 Å². The molecule has 0 aliphatic heterocycles. The summed E-state index contributed by atoms with van der Waals surface area (Å²) in [6.45, 7) is 3.86. The number of nitrogens with zero attached hydrogens (tertiary/aromatic N) is 4. The van der Waals surface area contributed by atoms with E-state index in [1.54, 1.807) is 56.6 Å². The third-order valence-electron chi connectivity index (χ3n) is 5.68. The quantitative estimate of drug-likeness (QED) is 0.306. The van der Waals surface area contributed by atoms with Crippen LogP contribution in [0.3, 0.4) is 0 Å². The van der Waals surface area contributed by atoms with Crippen LogP contribution in [-0.2, 0) is 16.6 Å². The number of aryl methyl sites for hydroxylation is 1. The molecule has 0 radical (unpaired) electrons. The highest BCUT2D eigenvalue weighted by molar-refractivity contribution is 7.92. The molecule has 182 valence electrons. The normalized spacial score (nSPS) is 11.4. The van der Waals surface area contributed by atoms with Crippen LogP contribution >= 0.6 is 0 Å². The molecule has 0 amide bonds. The first-order valence-electron chi connectivity index (χ1n) is 11.0. The van der Waals surface area contributed by atoms with Crippen molar-refractivity contribution in [3.63, 3.8) is 0 Å². The largest absolute Gasteiger partial charge is 0.445 e. The summed E-state index contributed by atoms with van der Waals surface area (Å²) >= 11 is 0. The van der Waals surface area contributed by atoms with Gasteiger partial charge in [-0.05, 0) is 49.2 Å². The van der Waals surface area contributed by atoms with Crippen LogP contribution in [0.4, 0.5) is 11.7 Å². The average molecular weight is 503 g/mol. The first-order valence-corrected chi connectivity index (χ1v) is 12.5. The Hall–Kier alpha value is -4.51. The zero-order valence-electron chi connectivity index (χ0n) is 19.5. The van der Waals surface area contributed by atoms with Gasteiger partial charge in [-0.25, -0.2) is 28.1 Å². The Bertz CT molecular complexity index is 1600. The van der Waals surface area contributed by atoms with Crippen LogP contribution in [0.2, 0.25) is 0 Å². The second-order valence-electron chi connectivity index (χ2n) is 7.98. The Balaban J connectivity index is 1.57. The molecule has 5 aromatic rings. The minimum atomic E-state index is -3.99. The molecule has 0 aliphatic carbocycles. The summed E-state index contributed by atoms with van der Waals surface area (Å²) in [5, 5.41) is 7.10. The Labute approximate surface area is 207 Å². The summed E-state index contributed by atoms with van der Waals surface area (Å²) in [4.78, 5) is 12.5. The maximum Gasteiger partial charge on any atom is 0.264 e. The molecule has 5 rings (SSSR count). The molecule has 10 nitrogen and oxygen atoms in total. The van der Waals surface area contributed by atoms with Gasteiger partial charge in [0.15, 0.2) is 0 Å². The van der Waals surface area contributed by atoms with Gasteiger partial charge in [0.2, 0.25) is 11.8 Å². The number of sulfonamides is 1. The van der Waals surface area contributed by atoms with Crippen molar-refractivity contribution in [2.24, 2.45) is 0 Å². The van der Waals surface area contributed by atoms with Crippen LogP contribution < -0.4 is 10.0 Å². The summed E-state index contributed by atoms with van der Waals surface area (Å²) in [6, 6.07) is 14.2. The molecule has 2 aromatic carbocycles. The highest BCUT2D eigenvalue weighted by Crippen LogP contribution is 2.34. The van der Waals surface area contributed by atoms with E-state index in [1.807, 2.05) is 18.2 Å². The number of benzene rings is 2. The summed E-state index contributed by atoms with van der Waals surface area (Å²) in [5.74, 6) is 1.19. The molecule has 2 N–H and O–H groups in total. The van der Waals surface area contributed by atoms with Crippen molar-refractivity contribution in [2.75, 3.05) is 10.0 Å². The maximum absolute atomic E-state index is 13.4. The smallest absolute Gasteiger partial charge is 0.264 e. The van der Waals surface area contributed by atoms with Gasteiger partial charge in [0.05, 0.1) is 16.8 Å². The van der Waals surface area contributed by atoms with E-state index in [2.05, 4.69) is 30.1 Å². The topological polar surface area (TPSA) is 136 Å². The lowest BCUT2D eigenvalue weighted by Crippen LogP contribution is -2.14. The van der Waals surface area contributed by atoms with Crippen molar-refractivity contribution in [3.8, 4) is 22.6 Å². The lowest BCUT2D eigenvalue weighted by atomic mass is 9.97. The van der Waals surface area contributed by atoms with Crippen LogP contribution in [0.25, 0.3) is 22.6 Å². The van der Waals surface area contributed by atoms with Crippen molar-refractivity contribution in [2.45, 2.75) is 25.3 Å². The Morgan fingerprint density at radius 2 is 1.83 bits per heavy atom. The van der Waals surface area contributed by atoms with Crippen LogP contribution in [0, 0.1) is 13.8 Å². The van der Waals surface area contributed by atoms with E-state index >= 15 is 0 Å². The Morgan fingerprint density at radius 3 is 2.56 bits per heavy atom. The lowest BCUT2D eigenvalue weighted by Gasteiger charge is -2.16. The monoisotopic (exact) mass is 502 g/mol. The summed E-state index contributed by atoms with van der Waals surface area (Å²) < 4.78 is 40.1. The van der Waals surface area contributed by atoms with Crippen molar-refractivity contribution in [1.29, 1.82) is 0 Å². The molecular formula is C25H22N6O4S. The van der Waals surface area contributed by atoms with Gasteiger partial charge in [0.25, 0.3) is 10.0 Å². The predicted molar refractivity (Wildman–Crippen MR) is 134 cm³/mol. The number of nitrogens with one attached hydrogen (secondary N) is 2. The molecule has 0 saturated carbocycles. The Morgan fingerprint density at radius 1 is 0.972 bits per heavy atom. The molecule has 11 heteroatoms. The fraction of sp³-hybridized carbons (Fsp3) is 0.120. The molecule has 0 spiro atoms. The number of oxazole rings is 1. The summed E-state index contributed by atoms with van der Waals surface area (Å²) in [5.41, 5.74) is 4.06. The first-order chi connectivity index (χ1) is 17.4. The van der Waals surface area contributed by atoms with E-state index in [4.69, 9.17) is 8.94 Å². The number of hydrogen-bond acceptors (Lipinski definition) is 9. The van der Waals surface area contributed by atoms with Gasteiger partial charge in [0, 0.05) is 29.4 Å². The van der Waals surface area contributed by atoms with Crippen molar-refractivity contribution in [3.05, 3.63) is 90.3 Å². The van der Waals surface area contributed by atoms with E-state index < -0.39 is 10.0 Å².